The Bertz CT molecular complexity index is 1300. The number of rotatable bonds is 5. The number of amides is 1. The molecule has 1 spiro atoms. The van der Waals surface area contributed by atoms with Crippen molar-refractivity contribution in [3.63, 3.8) is 0 Å². The number of hydrogen-bond acceptors (Lipinski definition) is 6. The van der Waals surface area contributed by atoms with E-state index in [0.717, 1.165) is 5.56 Å². The maximum Gasteiger partial charge on any atom is 0.277 e. The van der Waals surface area contributed by atoms with Crippen molar-refractivity contribution in [1.82, 2.24) is 0 Å². The molecule has 2 unspecified atom stereocenters. The zero-order valence-electron chi connectivity index (χ0n) is 18.4. The Morgan fingerprint density at radius 3 is 2.52 bits per heavy atom. The molecule has 0 bridgehead atoms. The molecule has 0 aliphatic carbocycles. The van der Waals surface area contributed by atoms with Crippen molar-refractivity contribution in [2.75, 3.05) is 19.5 Å². The molecule has 2 atom stereocenters. The third-order valence-electron chi connectivity index (χ3n) is 6.16. The number of carbonyl (C=O) groups excluding carboxylic acids is 2. The number of ether oxygens (including phenoxy) is 2. The highest BCUT2D eigenvalue weighted by Gasteiger charge is 2.63. The second-order valence-corrected chi connectivity index (χ2v) is 8.03. The minimum Gasteiger partial charge on any atom is -0.497 e. The zero-order chi connectivity index (χ0) is 23.2. The highest BCUT2D eigenvalue weighted by molar-refractivity contribution is 6.25. The zero-order valence-corrected chi connectivity index (χ0v) is 18.4. The summed E-state index contributed by atoms with van der Waals surface area (Å²) in [5.74, 6) is -0.667. The summed E-state index contributed by atoms with van der Waals surface area (Å²) in [6.07, 6.45) is 0. The lowest BCUT2D eigenvalue weighted by atomic mass is 9.74. The van der Waals surface area contributed by atoms with E-state index in [4.69, 9.17) is 14.3 Å². The molecule has 0 saturated heterocycles. The van der Waals surface area contributed by atoms with Crippen molar-refractivity contribution in [3.8, 4) is 11.5 Å². The normalized spacial score (nSPS) is 20.6. The molecule has 7 heteroatoms. The fourth-order valence-corrected chi connectivity index (χ4v) is 4.46. The van der Waals surface area contributed by atoms with Gasteiger partial charge < -0.3 is 19.6 Å². The second kappa shape index (κ2) is 7.78. The van der Waals surface area contributed by atoms with Gasteiger partial charge in [-0.15, -0.1) is 0 Å². The molecule has 5 rings (SSSR count). The summed E-state index contributed by atoms with van der Waals surface area (Å²) in [6.45, 7) is 1.95. The number of hydrogen-bond donors (Lipinski definition) is 1. The SMILES string of the molecule is COc1ccc(C2=NOC3(C(=O)Nc4ccccc43)C2C(=O)c2ccc(C)cc2)c(OC)c1. The number of carbonyl (C=O) groups is 2. The summed E-state index contributed by atoms with van der Waals surface area (Å²) in [5.41, 5.74) is 1.93. The lowest BCUT2D eigenvalue weighted by Crippen LogP contribution is -2.46. The Morgan fingerprint density at radius 2 is 1.79 bits per heavy atom. The molecule has 0 fully saturated rings. The number of anilines is 1. The molecule has 0 aromatic heterocycles. The van der Waals surface area contributed by atoms with E-state index in [2.05, 4.69) is 10.5 Å². The number of benzene rings is 3. The quantitative estimate of drug-likeness (QED) is 0.602. The van der Waals surface area contributed by atoms with E-state index in [9.17, 15) is 9.59 Å². The predicted molar refractivity (Wildman–Crippen MR) is 123 cm³/mol. The average Bonchev–Trinajstić information content (AvgIpc) is 3.37. The first kappa shape index (κ1) is 20.8. The monoisotopic (exact) mass is 442 g/mol. The van der Waals surface area contributed by atoms with Crippen molar-refractivity contribution >= 4 is 23.1 Å². The highest BCUT2D eigenvalue weighted by atomic mass is 16.7. The van der Waals surface area contributed by atoms with Crippen LogP contribution in [0.15, 0.2) is 71.9 Å². The maximum absolute atomic E-state index is 14.0. The van der Waals surface area contributed by atoms with Gasteiger partial charge in [0, 0.05) is 28.4 Å². The van der Waals surface area contributed by atoms with Gasteiger partial charge in [-0.2, -0.15) is 0 Å². The summed E-state index contributed by atoms with van der Waals surface area (Å²) < 4.78 is 10.9. The number of ketones is 1. The Hall–Kier alpha value is -4.13. The van der Waals surface area contributed by atoms with Crippen LogP contribution in [0.4, 0.5) is 5.69 Å². The summed E-state index contributed by atoms with van der Waals surface area (Å²) >= 11 is 0. The fraction of sp³-hybridized carbons (Fsp3) is 0.192. The number of Topliss-reactive ketones (excluding diaryl/α,β-unsaturated/α-hetero) is 1. The van der Waals surface area contributed by atoms with Gasteiger partial charge in [0.2, 0.25) is 0 Å². The fourth-order valence-electron chi connectivity index (χ4n) is 4.46. The van der Waals surface area contributed by atoms with E-state index in [1.165, 1.54) is 7.11 Å². The number of aryl methyl sites for hydroxylation is 1. The van der Waals surface area contributed by atoms with Crippen LogP contribution in [0, 0.1) is 12.8 Å². The summed E-state index contributed by atoms with van der Waals surface area (Å²) in [5, 5.41) is 7.17. The molecule has 1 amide bonds. The topological polar surface area (TPSA) is 86.2 Å². The van der Waals surface area contributed by atoms with Crippen LogP contribution in [0.25, 0.3) is 0 Å². The van der Waals surface area contributed by atoms with E-state index in [1.54, 1.807) is 49.6 Å². The summed E-state index contributed by atoms with van der Waals surface area (Å²) in [7, 11) is 3.09. The third kappa shape index (κ3) is 3.08. The number of oxime groups is 1. The van der Waals surface area contributed by atoms with Crippen molar-refractivity contribution in [1.29, 1.82) is 0 Å². The van der Waals surface area contributed by atoms with Gasteiger partial charge in [-0.3, -0.25) is 9.59 Å². The standard InChI is InChI=1S/C26H22N2O5/c1-15-8-10-16(11-9-15)24(29)22-23(18-13-12-17(31-2)14-21(18)32-3)28-33-26(22)19-6-4-5-7-20(19)27-25(26)30/h4-14,22H,1-3H3,(H,27,30). The molecule has 33 heavy (non-hydrogen) atoms. The van der Waals surface area contributed by atoms with Crippen LogP contribution < -0.4 is 14.8 Å². The van der Waals surface area contributed by atoms with Gasteiger partial charge in [-0.05, 0) is 25.1 Å². The van der Waals surface area contributed by atoms with Gasteiger partial charge in [-0.25, -0.2) is 0 Å². The molecule has 7 nitrogen and oxygen atoms in total. The van der Waals surface area contributed by atoms with Crippen LogP contribution >= 0.6 is 0 Å². The molecule has 0 radical (unpaired) electrons. The van der Waals surface area contributed by atoms with Crippen LogP contribution in [0.3, 0.4) is 0 Å². The van der Waals surface area contributed by atoms with Gasteiger partial charge in [0.15, 0.2) is 5.78 Å². The van der Waals surface area contributed by atoms with Gasteiger partial charge >= 0.3 is 0 Å². The van der Waals surface area contributed by atoms with Gasteiger partial charge in [0.1, 0.15) is 23.1 Å². The van der Waals surface area contributed by atoms with Crippen molar-refractivity contribution < 1.29 is 23.9 Å². The van der Waals surface area contributed by atoms with Crippen LogP contribution in [-0.2, 0) is 15.2 Å². The molecular formula is C26H22N2O5. The van der Waals surface area contributed by atoms with Crippen LogP contribution in [-0.4, -0.2) is 31.6 Å². The van der Waals surface area contributed by atoms with Crippen molar-refractivity contribution in [2.24, 2.45) is 11.1 Å². The maximum atomic E-state index is 14.0. The lowest BCUT2D eigenvalue weighted by molar-refractivity contribution is -0.140. The first-order valence-corrected chi connectivity index (χ1v) is 10.5. The van der Waals surface area contributed by atoms with E-state index in [1.807, 2.05) is 31.2 Å². The van der Waals surface area contributed by atoms with Gasteiger partial charge in [-0.1, -0.05) is 53.2 Å². The second-order valence-electron chi connectivity index (χ2n) is 8.03. The van der Waals surface area contributed by atoms with Crippen LogP contribution in [0.5, 0.6) is 11.5 Å². The molecule has 2 heterocycles. The lowest BCUT2D eigenvalue weighted by Gasteiger charge is -2.27. The average molecular weight is 442 g/mol. The number of para-hydroxylation sites is 1. The van der Waals surface area contributed by atoms with E-state index in [0.29, 0.717) is 39.6 Å². The minimum atomic E-state index is -1.61. The van der Waals surface area contributed by atoms with E-state index >= 15 is 0 Å². The highest BCUT2D eigenvalue weighted by Crippen LogP contribution is 2.50. The van der Waals surface area contributed by atoms with Gasteiger partial charge in [0.05, 0.1) is 14.2 Å². The Kier molecular flexibility index (Phi) is 4.89. The molecule has 3 aromatic rings. The van der Waals surface area contributed by atoms with Crippen molar-refractivity contribution in [2.45, 2.75) is 12.5 Å². The first-order chi connectivity index (χ1) is 16.0. The minimum absolute atomic E-state index is 0.268. The Labute approximate surface area is 191 Å². The smallest absolute Gasteiger partial charge is 0.277 e. The van der Waals surface area contributed by atoms with Crippen molar-refractivity contribution in [3.05, 3.63) is 89.0 Å². The molecule has 0 saturated carbocycles. The molecule has 166 valence electrons. The van der Waals surface area contributed by atoms with Crippen LogP contribution in [0.2, 0.25) is 0 Å². The molecule has 2 aliphatic heterocycles. The largest absolute Gasteiger partial charge is 0.497 e. The van der Waals surface area contributed by atoms with E-state index < -0.39 is 17.4 Å². The number of nitrogens with one attached hydrogen (secondary N) is 1. The third-order valence-corrected chi connectivity index (χ3v) is 6.16. The molecule has 1 N–H and O–H groups in total. The Morgan fingerprint density at radius 1 is 1.03 bits per heavy atom. The van der Waals surface area contributed by atoms with Crippen LogP contribution in [0.1, 0.15) is 27.0 Å². The molecular weight excluding hydrogens is 420 g/mol. The number of fused-ring (bicyclic) bond motifs is 2. The Balaban J connectivity index is 1.70. The molecule has 3 aromatic carbocycles. The van der Waals surface area contributed by atoms with Gasteiger partial charge in [0.25, 0.3) is 11.5 Å². The first-order valence-electron chi connectivity index (χ1n) is 10.5. The van der Waals surface area contributed by atoms with E-state index in [-0.39, 0.29) is 5.78 Å². The number of methoxy groups -OCH3 is 2. The molecule has 2 aliphatic rings. The summed E-state index contributed by atoms with van der Waals surface area (Å²) in [4.78, 5) is 33.3. The number of nitrogens with zero attached hydrogens (tertiary/aromatic N) is 1. The predicted octanol–water partition coefficient (Wildman–Crippen LogP) is 4.09. The summed E-state index contributed by atoms with van der Waals surface area (Å²) in [6, 6.07) is 19.6.